The highest BCUT2D eigenvalue weighted by Crippen LogP contribution is 2.31. The molecular weight excluding hydrogens is 465 g/mol. The van der Waals surface area contributed by atoms with Gasteiger partial charge in [-0.1, -0.05) is 12.1 Å². The molecule has 0 radical (unpaired) electrons. The molecule has 0 unspecified atom stereocenters. The molecule has 3 aromatic rings. The van der Waals surface area contributed by atoms with Crippen LogP contribution >= 0.6 is 0 Å². The number of rotatable bonds is 6. The van der Waals surface area contributed by atoms with Crippen LogP contribution in [-0.4, -0.2) is 77.9 Å². The van der Waals surface area contributed by atoms with E-state index in [4.69, 9.17) is 14.2 Å². The Balaban J connectivity index is 1.50. The summed E-state index contributed by atoms with van der Waals surface area (Å²) in [6.07, 6.45) is 0.467. The number of pyridine rings is 1. The van der Waals surface area contributed by atoms with Crippen molar-refractivity contribution in [1.82, 2.24) is 19.7 Å². The molecule has 0 N–H and O–H groups in total. The van der Waals surface area contributed by atoms with E-state index in [0.717, 1.165) is 22.4 Å². The maximum Gasteiger partial charge on any atom is 0.410 e. The molecule has 0 aliphatic carbocycles. The zero-order valence-corrected chi connectivity index (χ0v) is 21.7. The number of hydrogen-bond acceptors (Lipinski definition) is 7. The quantitative estimate of drug-likeness (QED) is 0.501. The molecule has 194 valence electrons. The molecule has 0 spiro atoms. The number of fused-ring (bicyclic) bond motifs is 1. The van der Waals surface area contributed by atoms with Crippen molar-refractivity contribution in [3.8, 4) is 11.6 Å². The summed E-state index contributed by atoms with van der Waals surface area (Å²) in [4.78, 5) is 20.4. The summed E-state index contributed by atoms with van der Waals surface area (Å²) in [5.41, 5.74) is 1.88. The van der Waals surface area contributed by atoms with Gasteiger partial charge < -0.3 is 24.0 Å². The van der Waals surface area contributed by atoms with Crippen LogP contribution in [0.15, 0.2) is 36.5 Å². The molecule has 3 heterocycles. The summed E-state index contributed by atoms with van der Waals surface area (Å²) in [6, 6.07) is 9.15. The summed E-state index contributed by atoms with van der Waals surface area (Å²) < 4.78 is 33.2. The van der Waals surface area contributed by atoms with Gasteiger partial charge in [0, 0.05) is 13.6 Å². The van der Waals surface area contributed by atoms with E-state index in [2.05, 4.69) is 10.1 Å². The van der Waals surface area contributed by atoms with E-state index in [1.54, 1.807) is 52.9 Å². The van der Waals surface area contributed by atoms with Crippen LogP contribution in [-0.2, 0) is 11.3 Å². The Kier molecular flexibility index (Phi) is 7.23. The second-order valence-corrected chi connectivity index (χ2v) is 9.99. The highest BCUT2D eigenvalue weighted by molar-refractivity contribution is 5.84. The van der Waals surface area contributed by atoms with Crippen molar-refractivity contribution in [2.75, 3.05) is 39.3 Å². The number of anilines is 1. The Hall–Kier alpha value is -3.56. The normalized spacial score (nSPS) is 18.2. The fraction of sp³-hybridized carbons (Fsp3) is 0.500. The second-order valence-electron chi connectivity index (χ2n) is 9.99. The van der Waals surface area contributed by atoms with Crippen LogP contribution in [0.3, 0.4) is 0 Å². The fourth-order valence-electron chi connectivity index (χ4n) is 4.39. The topological polar surface area (TPSA) is 82.0 Å². The molecule has 10 heteroatoms. The lowest BCUT2D eigenvalue weighted by Gasteiger charge is -2.40. The predicted octanol–water partition coefficient (Wildman–Crippen LogP) is 4.28. The van der Waals surface area contributed by atoms with E-state index in [-0.39, 0.29) is 6.54 Å². The van der Waals surface area contributed by atoms with Crippen LogP contribution in [0, 0.1) is 0 Å². The average molecular weight is 500 g/mol. The van der Waals surface area contributed by atoms with E-state index < -0.39 is 23.9 Å². The number of halogens is 1. The van der Waals surface area contributed by atoms with Crippen LogP contribution in [0.5, 0.6) is 11.6 Å². The van der Waals surface area contributed by atoms with Crippen LogP contribution in [0.1, 0.15) is 32.8 Å². The highest BCUT2D eigenvalue weighted by atomic mass is 19.1. The maximum absolute atomic E-state index is 15.2. The summed E-state index contributed by atoms with van der Waals surface area (Å²) in [5.74, 6) is 1.25. The average Bonchev–Trinajstić information content (AvgIpc) is 3.19. The molecule has 2 atom stereocenters. The minimum absolute atomic E-state index is 0.146. The Morgan fingerprint density at radius 2 is 1.92 bits per heavy atom. The Labute approximate surface area is 210 Å². The summed E-state index contributed by atoms with van der Waals surface area (Å²) >= 11 is 0. The van der Waals surface area contributed by atoms with Gasteiger partial charge in [-0.15, -0.1) is 5.10 Å². The Morgan fingerprint density at radius 1 is 1.19 bits per heavy atom. The first kappa shape index (κ1) is 25.5. The van der Waals surface area contributed by atoms with E-state index in [0.29, 0.717) is 31.0 Å². The van der Waals surface area contributed by atoms with Crippen molar-refractivity contribution in [2.24, 2.45) is 0 Å². The van der Waals surface area contributed by atoms with Gasteiger partial charge in [-0.05, 0) is 51.0 Å². The third-order valence-electron chi connectivity index (χ3n) is 6.27. The number of methoxy groups -OCH3 is 2. The van der Waals surface area contributed by atoms with Gasteiger partial charge >= 0.3 is 6.09 Å². The number of carbonyl (C=O) groups is 1. The van der Waals surface area contributed by atoms with Crippen LogP contribution in [0.25, 0.3) is 11.0 Å². The molecular formula is C26H34FN5O4. The zero-order chi connectivity index (χ0) is 26.0. The lowest BCUT2D eigenvalue weighted by atomic mass is 10.0. The van der Waals surface area contributed by atoms with Crippen molar-refractivity contribution in [3.05, 3.63) is 42.1 Å². The molecule has 1 aliphatic heterocycles. The number of ether oxygens (including phenoxy) is 3. The third-order valence-corrected chi connectivity index (χ3v) is 6.27. The largest absolute Gasteiger partial charge is 0.497 e. The van der Waals surface area contributed by atoms with Crippen molar-refractivity contribution in [1.29, 1.82) is 0 Å². The molecule has 36 heavy (non-hydrogen) atoms. The number of nitrogens with zero attached hydrogens (tertiary/aromatic N) is 5. The number of piperidine rings is 1. The first-order valence-electron chi connectivity index (χ1n) is 12.0. The number of alkyl halides is 1. The Bertz CT molecular complexity index is 1210. The second kappa shape index (κ2) is 10.2. The fourth-order valence-corrected chi connectivity index (χ4v) is 4.39. The van der Waals surface area contributed by atoms with Crippen molar-refractivity contribution in [2.45, 2.75) is 51.6 Å². The number of hydrogen-bond donors (Lipinski definition) is 0. The third kappa shape index (κ3) is 5.47. The summed E-state index contributed by atoms with van der Waals surface area (Å²) in [7, 11) is 4.80. The monoisotopic (exact) mass is 499 g/mol. The number of aromatic nitrogens is 3. The van der Waals surface area contributed by atoms with E-state index in [1.807, 2.05) is 35.2 Å². The lowest BCUT2D eigenvalue weighted by Crippen LogP contribution is -2.53. The van der Waals surface area contributed by atoms with Crippen LogP contribution in [0.4, 0.5) is 14.9 Å². The standard InChI is InChI=1S/C26H34FN5O4/c1-26(2,3)36-25(33)30(4)22-11-12-31(16-21(22)27)18-13-20-23(28-14-18)32(29-24(20)35-6)15-17-7-9-19(34-5)10-8-17/h7-10,13-14,21-22H,11-12,15-16H2,1-6H3/t21-,22-/m1/s1. The van der Waals surface area contributed by atoms with Crippen LogP contribution < -0.4 is 14.4 Å². The molecule has 1 aromatic carbocycles. The number of amides is 1. The predicted molar refractivity (Wildman–Crippen MR) is 136 cm³/mol. The van der Waals surface area contributed by atoms with Crippen molar-refractivity contribution >= 4 is 22.8 Å². The SMILES string of the molecule is COc1ccc(Cn2nc(OC)c3cc(N4CC[C@@H](N(C)C(=O)OC(C)(C)C)[C@H](F)C4)cnc32)cc1. The van der Waals surface area contributed by atoms with Crippen molar-refractivity contribution < 1.29 is 23.4 Å². The molecule has 1 amide bonds. The van der Waals surface area contributed by atoms with E-state index >= 15 is 4.39 Å². The molecule has 4 rings (SSSR count). The summed E-state index contributed by atoms with van der Waals surface area (Å²) in [6.45, 7) is 6.63. The zero-order valence-electron chi connectivity index (χ0n) is 21.7. The van der Waals surface area contributed by atoms with Gasteiger partial charge in [0.1, 0.15) is 17.5 Å². The number of carbonyl (C=O) groups excluding carboxylic acids is 1. The first-order valence-corrected chi connectivity index (χ1v) is 12.0. The van der Waals surface area contributed by atoms with Gasteiger partial charge in [0.2, 0.25) is 5.88 Å². The van der Waals surface area contributed by atoms with Gasteiger partial charge in [0.25, 0.3) is 0 Å². The maximum atomic E-state index is 15.2. The van der Waals surface area contributed by atoms with Gasteiger partial charge in [-0.3, -0.25) is 0 Å². The lowest BCUT2D eigenvalue weighted by molar-refractivity contribution is 0.0106. The minimum atomic E-state index is -1.23. The minimum Gasteiger partial charge on any atom is -0.497 e. The van der Waals surface area contributed by atoms with Gasteiger partial charge in [0.15, 0.2) is 5.65 Å². The molecule has 2 aromatic heterocycles. The van der Waals surface area contributed by atoms with E-state index in [9.17, 15) is 4.79 Å². The van der Waals surface area contributed by atoms with Crippen molar-refractivity contribution in [3.63, 3.8) is 0 Å². The molecule has 9 nitrogen and oxygen atoms in total. The molecule has 0 saturated carbocycles. The molecule has 0 bridgehead atoms. The van der Waals surface area contributed by atoms with E-state index in [1.165, 1.54) is 4.90 Å². The Morgan fingerprint density at radius 3 is 2.53 bits per heavy atom. The molecule has 1 saturated heterocycles. The van der Waals surface area contributed by atoms with Gasteiger partial charge in [-0.2, -0.15) is 0 Å². The van der Waals surface area contributed by atoms with Gasteiger partial charge in [-0.25, -0.2) is 18.9 Å². The van der Waals surface area contributed by atoms with Gasteiger partial charge in [0.05, 0.1) is 50.6 Å². The molecule has 1 aliphatic rings. The molecule has 1 fully saturated rings. The number of benzene rings is 1. The van der Waals surface area contributed by atoms with Crippen LogP contribution in [0.2, 0.25) is 0 Å². The summed E-state index contributed by atoms with van der Waals surface area (Å²) in [5, 5.41) is 5.34. The first-order chi connectivity index (χ1) is 17.1. The highest BCUT2D eigenvalue weighted by Gasteiger charge is 2.36. The smallest absolute Gasteiger partial charge is 0.410 e.